The Morgan fingerprint density at radius 1 is 1.10 bits per heavy atom. The molecular weight excluding hydrogens is 464 g/mol. The molecule has 0 saturated heterocycles. The van der Waals surface area contributed by atoms with E-state index in [2.05, 4.69) is 31.7 Å². The van der Waals surface area contributed by atoms with E-state index in [4.69, 9.17) is 4.74 Å². The lowest BCUT2D eigenvalue weighted by molar-refractivity contribution is -0.115. The molecule has 1 aromatic heterocycles. The van der Waals surface area contributed by atoms with Gasteiger partial charge >= 0.3 is 5.97 Å². The predicted molar refractivity (Wildman–Crippen MR) is 119 cm³/mol. The molecule has 1 heterocycles. The Balaban J connectivity index is 1.61. The highest BCUT2D eigenvalue weighted by Gasteiger charge is 2.16. The van der Waals surface area contributed by atoms with Gasteiger partial charge in [-0.1, -0.05) is 12.1 Å². The molecule has 9 heteroatoms. The first-order valence-electron chi connectivity index (χ1n) is 9.55. The molecule has 2 amide bonds. The summed E-state index contributed by atoms with van der Waals surface area (Å²) in [5.41, 5.74) is 2.74. The second kappa shape index (κ2) is 10.0. The van der Waals surface area contributed by atoms with Crippen molar-refractivity contribution in [1.29, 1.82) is 0 Å². The molecule has 0 fully saturated rings. The molecule has 160 valence electrons. The monoisotopic (exact) mass is 484 g/mol. The van der Waals surface area contributed by atoms with Crippen molar-refractivity contribution in [2.45, 2.75) is 13.8 Å². The summed E-state index contributed by atoms with van der Waals surface area (Å²) in [6.07, 6.45) is 1.46. The van der Waals surface area contributed by atoms with Crippen molar-refractivity contribution in [2.24, 2.45) is 0 Å². The van der Waals surface area contributed by atoms with E-state index in [0.717, 1.165) is 4.47 Å². The number of rotatable bonds is 7. The van der Waals surface area contributed by atoms with Gasteiger partial charge in [0.15, 0.2) is 0 Å². The molecule has 0 atom stereocenters. The zero-order valence-corrected chi connectivity index (χ0v) is 18.6. The number of nitrogens with zero attached hydrogens (tertiary/aromatic N) is 2. The van der Waals surface area contributed by atoms with Crippen LogP contribution in [0, 0.1) is 6.92 Å². The molecule has 0 bridgehead atoms. The Labute approximate surface area is 187 Å². The van der Waals surface area contributed by atoms with Gasteiger partial charge in [-0.05, 0) is 66.2 Å². The van der Waals surface area contributed by atoms with Crippen LogP contribution in [0.4, 0.5) is 5.69 Å². The normalized spacial score (nSPS) is 10.4. The second-order valence-corrected chi connectivity index (χ2v) is 7.39. The minimum atomic E-state index is -0.428. The molecule has 0 aliphatic carbocycles. The van der Waals surface area contributed by atoms with Crippen LogP contribution in [0.3, 0.4) is 0 Å². The van der Waals surface area contributed by atoms with Gasteiger partial charge in [0.1, 0.15) is 5.56 Å². The van der Waals surface area contributed by atoms with Gasteiger partial charge in [0.25, 0.3) is 5.91 Å². The predicted octanol–water partition coefficient (Wildman–Crippen LogP) is 3.49. The summed E-state index contributed by atoms with van der Waals surface area (Å²) in [6, 6.07) is 13.9. The van der Waals surface area contributed by atoms with E-state index >= 15 is 0 Å². The van der Waals surface area contributed by atoms with Crippen molar-refractivity contribution >= 4 is 39.4 Å². The van der Waals surface area contributed by atoms with Gasteiger partial charge in [-0.15, -0.1) is 0 Å². The molecule has 8 nitrogen and oxygen atoms in total. The number of hydrogen-bond donors (Lipinski definition) is 2. The number of halogens is 1. The fourth-order valence-corrected chi connectivity index (χ4v) is 3.24. The van der Waals surface area contributed by atoms with E-state index in [1.165, 1.54) is 6.20 Å². The van der Waals surface area contributed by atoms with Crippen LogP contribution in [0.5, 0.6) is 0 Å². The number of nitrogens with one attached hydrogen (secondary N) is 2. The molecule has 0 aliphatic rings. The van der Waals surface area contributed by atoms with Crippen LogP contribution in [-0.2, 0) is 9.53 Å². The Kier molecular flexibility index (Phi) is 7.19. The van der Waals surface area contributed by atoms with E-state index in [-0.39, 0.29) is 25.0 Å². The molecule has 31 heavy (non-hydrogen) atoms. The van der Waals surface area contributed by atoms with E-state index in [0.29, 0.717) is 28.2 Å². The first-order valence-corrected chi connectivity index (χ1v) is 10.3. The maximum atomic E-state index is 12.4. The van der Waals surface area contributed by atoms with E-state index in [1.807, 2.05) is 12.1 Å². The van der Waals surface area contributed by atoms with Gasteiger partial charge in [-0.3, -0.25) is 9.59 Å². The largest absolute Gasteiger partial charge is 0.462 e. The number of amides is 2. The zero-order valence-electron chi connectivity index (χ0n) is 17.0. The van der Waals surface area contributed by atoms with Crippen LogP contribution in [0.25, 0.3) is 5.69 Å². The van der Waals surface area contributed by atoms with Gasteiger partial charge in [0.05, 0.1) is 36.4 Å². The maximum Gasteiger partial charge on any atom is 0.341 e. The molecule has 3 aromatic rings. The number of anilines is 1. The first-order chi connectivity index (χ1) is 14.9. The van der Waals surface area contributed by atoms with Crippen LogP contribution >= 0.6 is 15.9 Å². The third-order valence-corrected chi connectivity index (χ3v) is 5.13. The average Bonchev–Trinajstić information content (AvgIpc) is 3.15. The lowest BCUT2D eigenvalue weighted by atomic mass is 10.2. The molecule has 0 radical (unpaired) electrons. The Hall–Kier alpha value is -3.46. The molecule has 0 saturated carbocycles. The summed E-state index contributed by atoms with van der Waals surface area (Å²) in [5.74, 6) is -1.14. The lowest BCUT2D eigenvalue weighted by Crippen LogP contribution is -2.32. The minimum Gasteiger partial charge on any atom is -0.462 e. The molecule has 0 aliphatic heterocycles. The van der Waals surface area contributed by atoms with Gasteiger partial charge in [0.2, 0.25) is 5.91 Å². The molecule has 0 spiro atoms. The highest BCUT2D eigenvalue weighted by molar-refractivity contribution is 9.10. The number of esters is 1. The number of benzene rings is 2. The van der Waals surface area contributed by atoms with Crippen molar-refractivity contribution < 1.29 is 19.1 Å². The van der Waals surface area contributed by atoms with Gasteiger partial charge in [-0.25, -0.2) is 9.48 Å². The number of hydrogen-bond acceptors (Lipinski definition) is 5. The van der Waals surface area contributed by atoms with Crippen LogP contribution < -0.4 is 10.6 Å². The first kappa shape index (κ1) is 22.2. The Morgan fingerprint density at radius 2 is 1.81 bits per heavy atom. The van der Waals surface area contributed by atoms with Crippen molar-refractivity contribution in [3.05, 3.63) is 76.0 Å². The second-order valence-electron chi connectivity index (χ2n) is 6.53. The molecular formula is C22H21BrN4O4. The van der Waals surface area contributed by atoms with Crippen molar-refractivity contribution in [2.75, 3.05) is 18.5 Å². The standard InChI is InChI=1S/C22H21BrN4O4/c1-3-31-22(30)17-12-25-27(14(17)2)16-10-8-15(9-11-16)21(29)24-13-20(28)26-19-7-5-4-6-18(19)23/h4-12H,3,13H2,1-2H3,(H,24,29)(H,26,28). The summed E-state index contributed by atoms with van der Waals surface area (Å²) in [5, 5.41) is 9.55. The smallest absolute Gasteiger partial charge is 0.341 e. The Bertz CT molecular complexity index is 1110. The summed E-state index contributed by atoms with van der Waals surface area (Å²) in [6.45, 7) is 3.63. The molecule has 2 aromatic carbocycles. The lowest BCUT2D eigenvalue weighted by Gasteiger charge is -2.09. The van der Waals surface area contributed by atoms with Crippen molar-refractivity contribution in [3.8, 4) is 5.69 Å². The third kappa shape index (κ3) is 5.37. The fraction of sp³-hybridized carbons (Fsp3) is 0.182. The van der Waals surface area contributed by atoms with Crippen molar-refractivity contribution in [1.82, 2.24) is 15.1 Å². The van der Waals surface area contributed by atoms with Crippen molar-refractivity contribution in [3.63, 3.8) is 0 Å². The van der Waals surface area contributed by atoms with Gasteiger partial charge < -0.3 is 15.4 Å². The number of carbonyl (C=O) groups is 3. The number of para-hydroxylation sites is 1. The number of aromatic nitrogens is 2. The SMILES string of the molecule is CCOC(=O)c1cnn(-c2ccc(C(=O)NCC(=O)Nc3ccccc3Br)cc2)c1C. The fourth-order valence-electron chi connectivity index (χ4n) is 2.85. The average molecular weight is 485 g/mol. The van der Waals surface area contributed by atoms with Gasteiger partial charge in [0, 0.05) is 10.0 Å². The van der Waals surface area contributed by atoms with Crippen LogP contribution in [0.1, 0.15) is 33.3 Å². The highest BCUT2D eigenvalue weighted by Crippen LogP contribution is 2.21. The molecule has 0 unspecified atom stereocenters. The van der Waals surface area contributed by atoms with E-state index < -0.39 is 5.97 Å². The van der Waals surface area contributed by atoms with Crippen LogP contribution in [-0.4, -0.2) is 40.7 Å². The summed E-state index contributed by atoms with van der Waals surface area (Å²) in [7, 11) is 0. The summed E-state index contributed by atoms with van der Waals surface area (Å²) >= 11 is 3.35. The topological polar surface area (TPSA) is 102 Å². The summed E-state index contributed by atoms with van der Waals surface area (Å²) in [4.78, 5) is 36.4. The molecule has 3 rings (SSSR count). The van der Waals surface area contributed by atoms with E-state index in [1.54, 1.807) is 54.9 Å². The highest BCUT2D eigenvalue weighted by atomic mass is 79.9. The zero-order chi connectivity index (χ0) is 22.4. The third-order valence-electron chi connectivity index (χ3n) is 4.44. The van der Waals surface area contributed by atoms with Crippen LogP contribution in [0.15, 0.2) is 59.2 Å². The maximum absolute atomic E-state index is 12.4. The van der Waals surface area contributed by atoms with Crippen LogP contribution in [0.2, 0.25) is 0 Å². The number of carbonyl (C=O) groups excluding carboxylic acids is 3. The Morgan fingerprint density at radius 3 is 2.48 bits per heavy atom. The summed E-state index contributed by atoms with van der Waals surface area (Å²) < 4.78 is 7.37. The number of ether oxygens (including phenoxy) is 1. The molecule has 2 N–H and O–H groups in total. The minimum absolute atomic E-state index is 0.164. The quantitative estimate of drug-likeness (QED) is 0.499. The van der Waals surface area contributed by atoms with Gasteiger partial charge in [-0.2, -0.15) is 5.10 Å². The van der Waals surface area contributed by atoms with E-state index in [9.17, 15) is 14.4 Å².